The molecule has 0 saturated heterocycles. The minimum absolute atomic E-state index is 0.185. The van der Waals surface area contributed by atoms with Crippen molar-refractivity contribution in [2.45, 2.75) is 77.2 Å². The second-order valence-electron chi connectivity index (χ2n) is 10.6. The average Bonchev–Trinajstić information content (AvgIpc) is 3.52. The van der Waals surface area contributed by atoms with Crippen LogP contribution in [0.4, 0.5) is 4.79 Å². The third kappa shape index (κ3) is 5.75. The Morgan fingerprint density at radius 3 is 2.46 bits per heavy atom. The fourth-order valence-corrected chi connectivity index (χ4v) is 5.94. The number of carbonyl (C=O) groups excluding carboxylic acids is 3. The van der Waals surface area contributed by atoms with Crippen LogP contribution < -0.4 is 10.6 Å². The number of amides is 3. The number of benzene rings is 1. The molecule has 1 aliphatic carbocycles. The van der Waals surface area contributed by atoms with Crippen molar-refractivity contribution in [1.82, 2.24) is 25.5 Å². The summed E-state index contributed by atoms with van der Waals surface area (Å²) in [5, 5.41) is 8.04. The number of aromatic amines is 1. The molecule has 1 fully saturated rings. The quantitative estimate of drug-likeness (QED) is 0.428. The zero-order valence-corrected chi connectivity index (χ0v) is 22.6. The van der Waals surface area contributed by atoms with Crippen LogP contribution >= 0.6 is 22.9 Å². The standard InChI is InChI=1S/C26H30ClN5O4S/c1-26(2,3)36-25(35)32-12-20-21(13-32)37-24(31-20)23(34)30-18-7-5-4-6-17(18)29-22(33)19-11-14-10-15(27)8-9-16(14)28-19/h8-11,17-18,28H,4-7,12-13H2,1-3H3,(H,29,33)(H,30,34)/t17-,18+/m0/s1. The number of ether oxygens (including phenoxy) is 1. The Balaban J connectivity index is 1.21. The van der Waals surface area contributed by atoms with E-state index in [2.05, 4.69) is 20.6 Å². The fourth-order valence-electron chi connectivity index (χ4n) is 4.77. The monoisotopic (exact) mass is 543 g/mol. The first-order valence-electron chi connectivity index (χ1n) is 12.4. The SMILES string of the molecule is CC(C)(C)OC(=O)N1Cc2nc(C(=O)N[C@@H]3CCCC[C@@H]3NC(=O)c3cc4cc(Cl)ccc4[nH]3)sc2C1. The average molecular weight is 544 g/mol. The van der Waals surface area contributed by atoms with Gasteiger partial charge in [0.05, 0.1) is 18.8 Å². The van der Waals surface area contributed by atoms with E-state index in [1.165, 1.54) is 11.3 Å². The predicted molar refractivity (Wildman–Crippen MR) is 142 cm³/mol. The molecule has 9 nitrogen and oxygen atoms in total. The zero-order valence-electron chi connectivity index (χ0n) is 21.0. The number of carbonyl (C=O) groups is 3. The van der Waals surface area contributed by atoms with E-state index in [0.29, 0.717) is 28.8 Å². The lowest BCUT2D eigenvalue weighted by molar-refractivity contribution is 0.0241. The highest BCUT2D eigenvalue weighted by atomic mass is 35.5. The number of hydrogen-bond donors (Lipinski definition) is 3. The van der Waals surface area contributed by atoms with Gasteiger partial charge in [-0.1, -0.05) is 24.4 Å². The molecule has 3 amide bonds. The van der Waals surface area contributed by atoms with Crippen LogP contribution in [0.2, 0.25) is 5.02 Å². The van der Waals surface area contributed by atoms with Gasteiger partial charge in [-0.05, 0) is 57.9 Å². The number of aromatic nitrogens is 2. The molecular weight excluding hydrogens is 514 g/mol. The van der Waals surface area contributed by atoms with Crippen molar-refractivity contribution in [2.75, 3.05) is 0 Å². The summed E-state index contributed by atoms with van der Waals surface area (Å²) in [7, 11) is 0. The lowest BCUT2D eigenvalue weighted by Gasteiger charge is -2.32. The number of nitrogens with zero attached hydrogens (tertiary/aromatic N) is 2. The van der Waals surface area contributed by atoms with Crippen molar-refractivity contribution in [2.24, 2.45) is 0 Å². The van der Waals surface area contributed by atoms with Crippen molar-refractivity contribution in [1.29, 1.82) is 0 Å². The predicted octanol–water partition coefficient (Wildman–Crippen LogP) is 5.00. The van der Waals surface area contributed by atoms with Gasteiger partial charge >= 0.3 is 6.09 Å². The third-order valence-corrected chi connectivity index (χ3v) is 7.84. The minimum Gasteiger partial charge on any atom is -0.444 e. The maximum absolute atomic E-state index is 13.1. The number of rotatable bonds is 4. The molecule has 3 heterocycles. The van der Waals surface area contributed by atoms with Gasteiger partial charge in [0.2, 0.25) is 0 Å². The summed E-state index contributed by atoms with van der Waals surface area (Å²) in [5.74, 6) is -0.469. The molecular formula is C26H30ClN5O4S. The Morgan fingerprint density at radius 2 is 1.78 bits per heavy atom. The van der Waals surface area contributed by atoms with Crippen molar-refractivity contribution in [3.8, 4) is 0 Å². The van der Waals surface area contributed by atoms with E-state index in [0.717, 1.165) is 47.2 Å². The van der Waals surface area contributed by atoms with Crippen LogP contribution in [0.25, 0.3) is 10.9 Å². The molecule has 0 bridgehead atoms. The minimum atomic E-state index is -0.570. The smallest absolute Gasteiger partial charge is 0.410 e. The normalized spacial score (nSPS) is 19.5. The van der Waals surface area contributed by atoms with Gasteiger partial charge in [-0.15, -0.1) is 11.3 Å². The first kappa shape index (κ1) is 25.5. The van der Waals surface area contributed by atoms with Gasteiger partial charge in [0.15, 0.2) is 5.01 Å². The van der Waals surface area contributed by atoms with Gasteiger partial charge in [0, 0.05) is 32.9 Å². The largest absolute Gasteiger partial charge is 0.444 e. The van der Waals surface area contributed by atoms with Gasteiger partial charge < -0.3 is 20.4 Å². The van der Waals surface area contributed by atoms with Gasteiger partial charge in [-0.25, -0.2) is 9.78 Å². The number of hydrogen-bond acceptors (Lipinski definition) is 6. The van der Waals surface area contributed by atoms with Crippen molar-refractivity contribution in [3.05, 3.63) is 50.6 Å². The second-order valence-corrected chi connectivity index (χ2v) is 12.1. The summed E-state index contributed by atoms with van der Waals surface area (Å²) in [6.07, 6.45) is 3.12. The van der Waals surface area contributed by atoms with Crippen molar-refractivity contribution < 1.29 is 19.1 Å². The Bertz CT molecular complexity index is 1340. The highest BCUT2D eigenvalue weighted by molar-refractivity contribution is 7.13. The Labute approximate surface area is 223 Å². The molecule has 3 N–H and O–H groups in total. The van der Waals surface area contributed by atoms with Gasteiger partial charge in [-0.3, -0.25) is 14.5 Å². The first-order chi connectivity index (χ1) is 17.6. The molecule has 196 valence electrons. The molecule has 2 atom stereocenters. The highest BCUT2D eigenvalue weighted by Crippen LogP contribution is 2.30. The van der Waals surface area contributed by atoms with Crippen molar-refractivity contribution in [3.63, 3.8) is 0 Å². The fraction of sp³-hybridized carbons (Fsp3) is 0.462. The van der Waals surface area contributed by atoms with Crippen LogP contribution in [-0.2, 0) is 17.8 Å². The summed E-state index contributed by atoms with van der Waals surface area (Å²) in [5.41, 5.74) is 1.46. The summed E-state index contributed by atoms with van der Waals surface area (Å²) < 4.78 is 5.44. The summed E-state index contributed by atoms with van der Waals surface area (Å²) in [6.45, 7) is 6.19. The van der Waals surface area contributed by atoms with E-state index in [1.54, 1.807) is 17.0 Å². The topological polar surface area (TPSA) is 116 Å². The summed E-state index contributed by atoms with van der Waals surface area (Å²) in [6, 6.07) is 6.83. The molecule has 5 rings (SSSR count). The molecule has 1 aromatic carbocycles. The molecule has 0 radical (unpaired) electrons. The van der Waals surface area contributed by atoms with Gasteiger partial charge in [0.1, 0.15) is 11.3 Å². The number of nitrogens with one attached hydrogen (secondary N) is 3. The number of H-pyrrole nitrogens is 1. The Morgan fingerprint density at radius 1 is 1.08 bits per heavy atom. The molecule has 3 aromatic rings. The number of thiazole rings is 1. The van der Waals surface area contributed by atoms with Crippen LogP contribution in [0.5, 0.6) is 0 Å². The molecule has 0 spiro atoms. The van der Waals surface area contributed by atoms with Crippen LogP contribution in [0, 0.1) is 0 Å². The third-order valence-electron chi connectivity index (χ3n) is 6.53. The second kappa shape index (κ2) is 9.98. The lowest BCUT2D eigenvalue weighted by atomic mass is 9.90. The maximum atomic E-state index is 13.1. The van der Waals surface area contributed by atoms with E-state index < -0.39 is 5.60 Å². The maximum Gasteiger partial charge on any atom is 0.410 e. The highest BCUT2D eigenvalue weighted by Gasteiger charge is 2.33. The number of fused-ring (bicyclic) bond motifs is 2. The molecule has 1 saturated carbocycles. The zero-order chi connectivity index (χ0) is 26.3. The van der Waals surface area contributed by atoms with E-state index in [-0.39, 0.29) is 30.0 Å². The van der Waals surface area contributed by atoms with Crippen LogP contribution in [-0.4, -0.2) is 50.5 Å². The van der Waals surface area contributed by atoms with E-state index in [1.807, 2.05) is 32.9 Å². The summed E-state index contributed by atoms with van der Waals surface area (Å²) in [4.78, 5) is 48.5. The molecule has 37 heavy (non-hydrogen) atoms. The van der Waals surface area contributed by atoms with E-state index in [9.17, 15) is 14.4 Å². The van der Waals surface area contributed by atoms with Crippen LogP contribution in [0.1, 0.15) is 77.3 Å². The van der Waals surface area contributed by atoms with Gasteiger partial charge in [-0.2, -0.15) is 0 Å². The van der Waals surface area contributed by atoms with Crippen molar-refractivity contribution >= 4 is 51.7 Å². The van der Waals surface area contributed by atoms with Crippen LogP contribution in [0.15, 0.2) is 24.3 Å². The number of halogens is 1. The molecule has 2 aromatic heterocycles. The van der Waals surface area contributed by atoms with Crippen LogP contribution in [0.3, 0.4) is 0 Å². The lowest BCUT2D eigenvalue weighted by Crippen LogP contribution is -2.53. The first-order valence-corrected chi connectivity index (χ1v) is 13.6. The molecule has 0 unspecified atom stereocenters. The molecule has 11 heteroatoms. The molecule has 2 aliphatic rings. The van der Waals surface area contributed by atoms with E-state index in [4.69, 9.17) is 16.3 Å². The Hall–Kier alpha value is -3.11. The summed E-state index contributed by atoms with van der Waals surface area (Å²) >= 11 is 7.37. The van der Waals surface area contributed by atoms with Gasteiger partial charge in [0.25, 0.3) is 11.8 Å². The van der Waals surface area contributed by atoms with E-state index >= 15 is 0 Å². The Kier molecular flexibility index (Phi) is 6.89. The molecule has 1 aliphatic heterocycles.